The van der Waals surface area contributed by atoms with E-state index in [2.05, 4.69) is 280 Å². The highest BCUT2D eigenvalue weighted by atomic mass is 32.2. The molecule has 0 spiro atoms. The molecule has 3 nitrogen and oxygen atoms in total. The van der Waals surface area contributed by atoms with Gasteiger partial charge in [0.15, 0.2) is 0 Å². The van der Waals surface area contributed by atoms with Crippen molar-refractivity contribution in [1.29, 1.82) is 0 Å². The summed E-state index contributed by atoms with van der Waals surface area (Å²) in [6.45, 7) is 12.1. The zero-order chi connectivity index (χ0) is 53.9. The summed E-state index contributed by atoms with van der Waals surface area (Å²) < 4.78 is 0. The minimum absolute atomic E-state index is 0.00460. The van der Waals surface area contributed by atoms with Crippen LogP contribution in [0.3, 0.4) is 0 Å². The molecule has 0 fully saturated rings. The average molecular weight is 1050 g/mol. The van der Waals surface area contributed by atoms with E-state index in [1.807, 2.05) is 11.8 Å². The van der Waals surface area contributed by atoms with E-state index in [0.29, 0.717) is 11.8 Å². The van der Waals surface area contributed by atoms with Gasteiger partial charge in [0.1, 0.15) is 0 Å². The van der Waals surface area contributed by atoms with Crippen molar-refractivity contribution in [2.45, 2.75) is 62.2 Å². The summed E-state index contributed by atoms with van der Waals surface area (Å²) >= 11 is 1.96. The average Bonchev–Trinajstić information content (AvgIpc) is 1.89. The third-order valence-electron chi connectivity index (χ3n) is 18.9. The molecular weight excluding hydrogens is 995 g/mol. The van der Waals surface area contributed by atoms with Crippen molar-refractivity contribution in [1.82, 2.24) is 0 Å². The Morgan fingerprint density at radius 2 is 0.914 bits per heavy atom. The van der Waals surface area contributed by atoms with Crippen LogP contribution in [0.5, 0.6) is 0 Å². The quantitative estimate of drug-likeness (QED) is 0.154. The first kappa shape index (κ1) is 47.2. The Hall–Kier alpha value is -8.64. The third kappa shape index (κ3) is 6.58. The van der Waals surface area contributed by atoms with Crippen LogP contribution >= 0.6 is 11.8 Å². The van der Waals surface area contributed by atoms with Crippen LogP contribution in [0.1, 0.15) is 74.6 Å². The van der Waals surface area contributed by atoms with E-state index in [-0.39, 0.29) is 26.1 Å². The van der Waals surface area contributed by atoms with E-state index in [9.17, 15) is 0 Å². The molecule has 81 heavy (non-hydrogen) atoms. The maximum atomic E-state index is 2.75. The molecule has 17 rings (SSSR count). The zero-order valence-corrected chi connectivity index (χ0v) is 47.0. The van der Waals surface area contributed by atoms with E-state index >= 15 is 0 Å². The summed E-state index contributed by atoms with van der Waals surface area (Å²) in [5, 5.41) is 0. The van der Waals surface area contributed by atoms with Crippen molar-refractivity contribution < 1.29 is 0 Å². The van der Waals surface area contributed by atoms with Gasteiger partial charge in [-0.1, -0.05) is 245 Å². The van der Waals surface area contributed by atoms with Crippen molar-refractivity contribution in [3.8, 4) is 22.3 Å². The number of para-hydroxylation sites is 4. The molecule has 0 aromatic heterocycles. The first-order valence-corrected chi connectivity index (χ1v) is 30.0. The second-order valence-corrected chi connectivity index (χ2v) is 24.9. The van der Waals surface area contributed by atoms with E-state index in [0.717, 1.165) is 5.69 Å². The first-order chi connectivity index (χ1) is 39.8. The lowest BCUT2D eigenvalue weighted by atomic mass is 9.27. The SMILES string of the molecule is CC(C)c1cc(C(C)C)c2c(c1)C(C)c1cccc3c1B1c4cc5c(cc4N(c4c(-c6ccccc6)cccc4-c4ccccc4)c4cc6c7c(c41)N3c1ccccc1B7c1ccccc1N6c1ccccc1)Sc1ccccc1B52. The predicted octanol–water partition coefficient (Wildman–Crippen LogP) is 13.4. The molecule has 0 saturated carbocycles. The van der Waals surface area contributed by atoms with Crippen molar-refractivity contribution in [2.24, 2.45) is 0 Å². The molecule has 0 amide bonds. The molecule has 11 aromatic carbocycles. The van der Waals surface area contributed by atoms with Gasteiger partial charge in [0.2, 0.25) is 6.71 Å². The minimum Gasteiger partial charge on any atom is -0.312 e. The monoisotopic (exact) mass is 1050 g/mol. The first-order valence-electron chi connectivity index (χ1n) is 29.1. The van der Waals surface area contributed by atoms with Gasteiger partial charge in [-0.2, -0.15) is 0 Å². The van der Waals surface area contributed by atoms with Gasteiger partial charge in [0.25, 0.3) is 13.4 Å². The number of fused-ring (bicyclic) bond motifs is 10. The molecule has 11 aromatic rings. The van der Waals surface area contributed by atoms with Crippen LogP contribution in [0.25, 0.3) is 22.3 Å². The molecule has 6 aliphatic heterocycles. The second-order valence-electron chi connectivity index (χ2n) is 23.8. The van der Waals surface area contributed by atoms with Gasteiger partial charge >= 0.3 is 0 Å². The van der Waals surface area contributed by atoms with Crippen LogP contribution in [0.2, 0.25) is 0 Å². The molecule has 6 aliphatic rings. The normalized spacial score (nSPS) is 15.1. The summed E-state index contributed by atoms with van der Waals surface area (Å²) in [5.74, 6) is 0.757. The summed E-state index contributed by atoms with van der Waals surface area (Å²) in [5.41, 5.74) is 34.1. The molecule has 0 saturated heterocycles. The van der Waals surface area contributed by atoms with Crippen molar-refractivity contribution in [2.75, 3.05) is 14.7 Å². The third-order valence-corrected chi connectivity index (χ3v) is 20.1. The lowest BCUT2D eigenvalue weighted by Crippen LogP contribution is -2.70. The van der Waals surface area contributed by atoms with Crippen molar-refractivity contribution in [3.05, 3.63) is 253 Å². The zero-order valence-electron chi connectivity index (χ0n) is 46.2. The molecule has 1 atom stereocenters. The van der Waals surface area contributed by atoms with Crippen LogP contribution in [0.15, 0.2) is 240 Å². The lowest BCUT2D eigenvalue weighted by molar-refractivity contribution is 0.824. The van der Waals surface area contributed by atoms with E-state index < -0.39 is 0 Å². The summed E-state index contributed by atoms with van der Waals surface area (Å²) in [6, 6.07) is 88.9. The molecule has 0 radical (unpaired) electrons. The van der Waals surface area contributed by atoms with Crippen molar-refractivity contribution in [3.63, 3.8) is 0 Å². The molecule has 7 heteroatoms. The standard InChI is InChI=1S/C74H56B3N3S/c1-44(2)49-39-54(45(3)4)69-55(40-49)46(5)51-29-22-37-63-70(51)77-59-41-60-68(81-67-38-20-17-34-58(67)76(60)69)43-64(59)80(73-52(47-23-9-6-10-24-47)30-21-31-53(73)48-25-11-7-12-26-48)66-42-65-71-74(72(66)77)79(63)62-36-19-16-33-57(62)75(71)56-32-15-18-35-61(56)78(65)50-27-13-8-14-28-50/h6-46H,1-5H3. The number of nitrogens with zero attached hydrogens (tertiary/aromatic N) is 3. The van der Waals surface area contributed by atoms with Gasteiger partial charge in [-0.15, -0.1) is 0 Å². The van der Waals surface area contributed by atoms with Crippen LogP contribution < -0.4 is 63.9 Å². The Bertz CT molecular complexity index is 4410. The summed E-state index contributed by atoms with van der Waals surface area (Å²) in [7, 11) is 0. The van der Waals surface area contributed by atoms with Gasteiger partial charge in [0.05, 0.1) is 5.69 Å². The van der Waals surface area contributed by atoms with Gasteiger partial charge in [-0.25, -0.2) is 0 Å². The largest absolute Gasteiger partial charge is 0.312 e. The molecule has 2 bridgehead atoms. The van der Waals surface area contributed by atoms with Crippen LogP contribution in [-0.4, -0.2) is 20.1 Å². The molecule has 0 aliphatic carbocycles. The summed E-state index contributed by atoms with van der Waals surface area (Å²) in [4.78, 5) is 10.7. The number of hydrogen-bond donors (Lipinski definition) is 0. The molecule has 382 valence electrons. The highest BCUT2D eigenvalue weighted by Crippen LogP contribution is 2.54. The Balaban J connectivity index is 1.09. The second kappa shape index (κ2) is 17.7. The Kier molecular flexibility index (Phi) is 10.3. The predicted molar refractivity (Wildman–Crippen MR) is 348 cm³/mol. The highest BCUT2D eigenvalue weighted by molar-refractivity contribution is 8.00. The lowest BCUT2D eigenvalue weighted by Gasteiger charge is -2.52. The maximum absolute atomic E-state index is 2.75. The number of anilines is 9. The fourth-order valence-corrected chi connectivity index (χ4v) is 16.6. The minimum atomic E-state index is -0.0960. The van der Waals surface area contributed by atoms with Gasteiger partial charge in [0, 0.05) is 72.3 Å². The van der Waals surface area contributed by atoms with Crippen LogP contribution in [0, 0.1) is 0 Å². The van der Waals surface area contributed by atoms with Crippen LogP contribution in [-0.2, 0) is 0 Å². The van der Waals surface area contributed by atoms with Gasteiger partial charge < -0.3 is 14.7 Å². The van der Waals surface area contributed by atoms with E-state index in [4.69, 9.17) is 0 Å². The Morgan fingerprint density at radius 1 is 0.358 bits per heavy atom. The molecule has 6 heterocycles. The van der Waals surface area contributed by atoms with Gasteiger partial charge in [-0.05, 0) is 127 Å². The number of benzene rings is 11. The van der Waals surface area contributed by atoms with E-state index in [1.165, 1.54) is 149 Å². The van der Waals surface area contributed by atoms with Crippen LogP contribution in [0.4, 0.5) is 51.2 Å². The molecular formula is C74H56B3N3S. The fraction of sp³-hybridized carbons (Fsp3) is 0.108. The fourth-order valence-electron chi connectivity index (χ4n) is 15.5. The van der Waals surface area contributed by atoms with E-state index in [1.54, 1.807) is 0 Å². The summed E-state index contributed by atoms with van der Waals surface area (Å²) in [6.07, 6.45) is 0. The Morgan fingerprint density at radius 3 is 1.59 bits per heavy atom. The van der Waals surface area contributed by atoms with Gasteiger partial charge in [-0.3, -0.25) is 0 Å². The smallest absolute Gasteiger partial charge is 0.252 e. The maximum Gasteiger partial charge on any atom is 0.252 e. The molecule has 0 N–H and O–H groups in total. The van der Waals surface area contributed by atoms with Crippen molar-refractivity contribution >= 4 is 132 Å². The molecule has 1 unspecified atom stereocenters. The number of rotatable bonds is 6. The highest BCUT2D eigenvalue weighted by Gasteiger charge is 2.54. The topological polar surface area (TPSA) is 9.72 Å². The number of hydrogen-bond acceptors (Lipinski definition) is 4. The Labute approximate surface area is 481 Å².